The molecule has 1 aromatic heterocycles. The Morgan fingerprint density at radius 3 is 2.83 bits per heavy atom. The first-order valence-electron chi connectivity index (χ1n) is 8.13. The topological polar surface area (TPSA) is 83.4 Å². The van der Waals surface area contributed by atoms with Crippen LogP contribution in [0.2, 0.25) is 0 Å². The Labute approximate surface area is 140 Å². The quantitative estimate of drug-likeness (QED) is 0.752. The van der Waals surface area contributed by atoms with Gasteiger partial charge in [0, 0.05) is 12.1 Å². The monoisotopic (exact) mass is 327 g/mol. The van der Waals surface area contributed by atoms with Gasteiger partial charge in [-0.1, -0.05) is 12.1 Å². The number of carbonyl (C=O) groups is 2. The van der Waals surface area contributed by atoms with Crippen LogP contribution in [0.5, 0.6) is 0 Å². The van der Waals surface area contributed by atoms with Crippen LogP contribution >= 0.6 is 0 Å². The van der Waals surface area contributed by atoms with E-state index in [0.717, 1.165) is 24.9 Å². The van der Waals surface area contributed by atoms with E-state index in [-0.39, 0.29) is 17.9 Å². The van der Waals surface area contributed by atoms with Crippen LogP contribution in [0, 0.1) is 0 Å². The van der Waals surface area contributed by atoms with E-state index in [0.29, 0.717) is 24.4 Å². The van der Waals surface area contributed by atoms with Crippen molar-refractivity contribution in [3.63, 3.8) is 0 Å². The second-order valence-electron chi connectivity index (χ2n) is 5.83. The van der Waals surface area contributed by atoms with Crippen LogP contribution in [0.4, 0.5) is 0 Å². The molecule has 0 radical (unpaired) electrons. The zero-order chi connectivity index (χ0) is 16.8. The highest BCUT2D eigenvalue weighted by Crippen LogP contribution is 2.08. The predicted molar refractivity (Wildman–Crippen MR) is 89.2 cm³/mol. The van der Waals surface area contributed by atoms with E-state index in [1.54, 1.807) is 24.5 Å². The molecule has 1 fully saturated rings. The summed E-state index contributed by atoms with van der Waals surface area (Å²) in [5.74, 6) is 0.549. The molecule has 6 heteroatoms. The molecule has 0 aliphatic carbocycles. The molecule has 0 saturated carbocycles. The van der Waals surface area contributed by atoms with Crippen LogP contribution in [0.25, 0.3) is 0 Å². The molecule has 2 amide bonds. The van der Waals surface area contributed by atoms with Crippen molar-refractivity contribution in [1.29, 1.82) is 0 Å². The molecule has 24 heavy (non-hydrogen) atoms. The average Bonchev–Trinajstić information content (AvgIpc) is 3.31. The van der Waals surface area contributed by atoms with E-state index in [2.05, 4.69) is 16.0 Å². The standard InChI is InChI=1S/C18H21N3O3/c22-17(21-12-15-6-3-9-24-15)14-5-1-4-13(10-14)11-20-18(23)16-7-2-8-19-16/h1,3-6,9-10,16,19H,2,7-8,11-12H2,(H,20,23)(H,21,22). The van der Waals surface area contributed by atoms with Gasteiger partial charge in [0.25, 0.3) is 5.91 Å². The van der Waals surface area contributed by atoms with Crippen molar-refractivity contribution in [3.05, 3.63) is 59.5 Å². The van der Waals surface area contributed by atoms with Gasteiger partial charge in [-0.15, -0.1) is 0 Å². The third-order valence-corrected chi connectivity index (χ3v) is 4.04. The van der Waals surface area contributed by atoms with E-state index < -0.39 is 0 Å². The van der Waals surface area contributed by atoms with E-state index in [1.807, 2.05) is 18.2 Å². The SMILES string of the molecule is O=C(NCc1ccco1)c1cccc(CNC(=O)C2CCCN2)c1. The highest BCUT2D eigenvalue weighted by Gasteiger charge is 2.21. The molecule has 6 nitrogen and oxygen atoms in total. The lowest BCUT2D eigenvalue weighted by Gasteiger charge is -2.11. The van der Waals surface area contributed by atoms with Gasteiger partial charge in [0.1, 0.15) is 5.76 Å². The van der Waals surface area contributed by atoms with Gasteiger partial charge >= 0.3 is 0 Å². The van der Waals surface area contributed by atoms with E-state index in [9.17, 15) is 9.59 Å². The fourth-order valence-corrected chi connectivity index (χ4v) is 2.73. The Balaban J connectivity index is 1.53. The Morgan fingerprint density at radius 2 is 2.08 bits per heavy atom. The maximum Gasteiger partial charge on any atom is 0.251 e. The number of benzene rings is 1. The number of rotatable bonds is 6. The Hall–Kier alpha value is -2.60. The molecule has 3 N–H and O–H groups in total. The second kappa shape index (κ2) is 7.79. The molecule has 0 spiro atoms. The first-order valence-corrected chi connectivity index (χ1v) is 8.13. The summed E-state index contributed by atoms with van der Waals surface area (Å²) in [4.78, 5) is 24.2. The van der Waals surface area contributed by atoms with Crippen LogP contribution in [0.3, 0.4) is 0 Å². The molecule has 1 aliphatic rings. The highest BCUT2D eigenvalue weighted by molar-refractivity contribution is 5.94. The molecule has 1 aromatic carbocycles. The number of hydrogen-bond acceptors (Lipinski definition) is 4. The molecule has 1 saturated heterocycles. The minimum Gasteiger partial charge on any atom is -0.467 e. The maximum absolute atomic E-state index is 12.2. The Morgan fingerprint density at radius 1 is 1.17 bits per heavy atom. The molecule has 2 aromatic rings. The van der Waals surface area contributed by atoms with Gasteiger partial charge in [-0.25, -0.2) is 0 Å². The summed E-state index contributed by atoms with van der Waals surface area (Å²) in [6.45, 7) is 1.65. The summed E-state index contributed by atoms with van der Waals surface area (Å²) in [6.07, 6.45) is 3.48. The van der Waals surface area contributed by atoms with Crippen LogP contribution in [-0.4, -0.2) is 24.4 Å². The van der Waals surface area contributed by atoms with Crippen LogP contribution < -0.4 is 16.0 Å². The van der Waals surface area contributed by atoms with Crippen LogP contribution in [-0.2, 0) is 17.9 Å². The molecular weight excluding hydrogens is 306 g/mol. The average molecular weight is 327 g/mol. The minimum absolute atomic E-state index is 0.0140. The maximum atomic E-state index is 12.2. The lowest BCUT2D eigenvalue weighted by atomic mass is 10.1. The van der Waals surface area contributed by atoms with Gasteiger partial charge in [0.15, 0.2) is 0 Å². The van der Waals surface area contributed by atoms with Crippen LogP contribution in [0.1, 0.15) is 34.5 Å². The number of nitrogens with one attached hydrogen (secondary N) is 3. The largest absolute Gasteiger partial charge is 0.467 e. The number of hydrogen-bond donors (Lipinski definition) is 3. The summed E-state index contributed by atoms with van der Waals surface area (Å²) in [5, 5.41) is 8.89. The first-order chi connectivity index (χ1) is 11.7. The zero-order valence-electron chi connectivity index (χ0n) is 13.4. The third-order valence-electron chi connectivity index (χ3n) is 4.04. The Kier molecular flexibility index (Phi) is 5.28. The third kappa shape index (κ3) is 4.23. The summed E-state index contributed by atoms with van der Waals surface area (Å²) >= 11 is 0. The van der Waals surface area contributed by atoms with Crippen molar-refractivity contribution in [3.8, 4) is 0 Å². The molecule has 126 valence electrons. The fraction of sp³-hybridized carbons (Fsp3) is 0.333. The minimum atomic E-state index is -0.169. The van der Waals surface area contributed by atoms with E-state index in [4.69, 9.17) is 4.42 Å². The van der Waals surface area contributed by atoms with E-state index >= 15 is 0 Å². The smallest absolute Gasteiger partial charge is 0.251 e. The van der Waals surface area contributed by atoms with Gasteiger partial charge < -0.3 is 20.4 Å². The number of amides is 2. The molecule has 2 heterocycles. The van der Waals surface area contributed by atoms with E-state index in [1.165, 1.54) is 0 Å². The Bertz CT molecular complexity index is 691. The molecular formula is C18H21N3O3. The zero-order valence-corrected chi connectivity index (χ0v) is 13.4. The second-order valence-corrected chi connectivity index (χ2v) is 5.83. The lowest BCUT2D eigenvalue weighted by molar-refractivity contribution is -0.122. The van der Waals surface area contributed by atoms with Gasteiger partial charge in [-0.2, -0.15) is 0 Å². The first kappa shape index (κ1) is 16.3. The summed E-state index contributed by atoms with van der Waals surface area (Å²) in [5.41, 5.74) is 1.46. The van der Waals surface area contributed by atoms with Gasteiger partial charge in [0.05, 0.1) is 18.8 Å². The molecule has 1 atom stereocenters. The van der Waals surface area contributed by atoms with Crippen molar-refractivity contribution < 1.29 is 14.0 Å². The number of furan rings is 1. The summed E-state index contributed by atoms with van der Waals surface area (Å²) < 4.78 is 5.19. The summed E-state index contributed by atoms with van der Waals surface area (Å²) in [7, 11) is 0. The van der Waals surface area contributed by atoms with Gasteiger partial charge in [0.2, 0.25) is 5.91 Å². The predicted octanol–water partition coefficient (Wildman–Crippen LogP) is 1.58. The molecule has 1 unspecified atom stereocenters. The molecule has 0 bridgehead atoms. The van der Waals surface area contributed by atoms with Gasteiger partial charge in [-0.3, -0.25) is 9.59 Å². The van der Waals surface area contributed by atoms with Gasteiger partial charge in [-0.05, 0) is 49.2 Å². The molecule has 3 rings (SSSR count). The van der Waals surface area contributed by atoms with Crippen molar-refractivity contribution in [1.82, 2.24) is 16.0 Å². The van der Waals surface area contributed by atoms with Crippen molar-refractivity contribution >= 4 is 11.8 Å². The summed E-state index contributed by atoms with van der Waals surface area (Å²) in [6, 6.07) is 10.8. The van der Waals surface area contributed by atoms with Crippen molar-refractivity contribution in [2.24, 2.45) is 0 Å². The van der Waals surface area contributed by atoms with Crippen LogP contribution in [0.15, 0.2) is 47.1 Å². The molecule has 1 aliphatic heterocycles. The number of carbonyl (C=O) groups excluding carboxylic acids is 2. The highest BCUT2D eigenvalue weighted by atomic mass is 16.3. The van der Waals surface area contributed by atoms with Crippen molar-refractivity contribution in [2.75, 3.05) is 6.54 Å². The fourth-order valence-electron chi connectivity index (χ4n) is 2.73. The normalized spacial score (nSPS) is 16.8. The van der Waals surface area contributed by atoms with Crippen molar-refractivity contribution in [2.45, 2.75) is 32.0 Å². The lowest BCUT2D eigenvalue weighted by Crippen LogP contribution is -2.40.